The van der Waals surface area contributed by atoms with E-state index in [2.05, 4.69) is 27.9 Å². The number of aliphatic hydroxyl groups excluding tert-OH is 1. The summed E-state index contributed by atoms with van der Waals surface area (Å²) in [6, 6.07) is 8.11. The first-order chi connectivity index (χ1) is 8.78. The molecule has 0 aliphatic heterocycles. The van der Waals surface area contributed by atoms with Crippen molar-refractivity contribution in [2.75, 3.05) is 0 Å². The molecule has 0 aliphatic rings. The van der Waals surface area contributed by atoms with Crippen LogP contribution in [0.4, 0.5) is 0 Å². The highest BCUT2D eigenvalue weighted by Gasteiger charge is 2.07. The Hall–Kier alpha value is -1.65. The van der Waals surface area contributed by atoms with Crippen molar-refractivity contribution < 1.29 is 5.11 Å². The second-order valence-corrected chi connectivity index (χ2v) is 5.62. The predicted molar refractivity (Wildman–Crippen MR) is 73.8 cm³/mol. The molecule has 4 heteroatoms. The molecule has 3 aromatic rings. The molecular formula is C14H14N2OS. The Morgan fingerprint density at radius 2 is 2.22 bits per heavy atom. The molecule has 2 aromatic heterocycles. The van der Waals surface area contributed by atoms with E-state index in [4.69, 9.17) is 0 Å². The second kappa shape index (κ2) is 4.55. The van der Waals surface area contributed by atoms with Crippen LogP contribution in [0.3, 0.4) is 0 Å². The lowest BCUT2D eigenvalue weighted by atomic mass is 10.1. The number of aryl methyl sites for hydroxylation is 1. The van der Waals surface area contributed by atoms with Crippen molar-refractivity contribution in [1.29, 1.82) is 0 Å². The highest BCUT2D eigenvalue weighted by atomic mass is 32.1. The van der Waals surface area contributed by atoms with Crippen LogP contribution in [0.2, 0.25) is 0 Å². The van der Waals surface area contributed by atoms with Crippen LogP contribution in [0.15, 0.2) is 36.7 Å². The van der Waals surface area contributed by atoms with Crippen LogP contribution in [-0.4, -0.2) is 14.7 Å². The number of hydrogen-bond acceptors (Lipinski definition) is 3. The highest BCUT2D eigenvalue weighted by molar-refractivity contribution is 7.11. The molecule has 0 saturated heterocycles. The van der Waals surface area contributed by atoms with E-state index in [1.165, 1.54) is 10.3 Å². The first-order valence-corrected chi connectivity index (χ1v) is 6.68. The summed E-state index contributed by atoms with van der Waals surface area (Å²) in [5.74, 6) is 0. The third kappa shape index (κ3) is 1.94. The van der Waals surface area contributed by atoms with E-state index >= 15 is 0 Å². The maximum absolute atomic E-state index is 9.43. The van der Waals surface area contributed by atoms with Crippen LogP contribution in [-0.2, 0) is 13.2 Å². The molecule has 3 rings (SSSR count). The van der Waals surface area contributed by atoms with Crippen molar-refractivity contribution in [1.82, 2.24) is 9.55 Å². The van der Waals surface area contributed by atoms with Gasteiger partial charge >= 0.3 is 0 Å². The van der Waals surface area contributed by atoms with Crippen molar-refractivity contribution in [3.8, 4) is 0 Å². The van der Waals surface area contributed by atoms with E-state index in [-0.39, 0.29) is 6.61 Å². The van der Waals surface area contributed by atoms with Crippen LogP contribution in [0.1, 0.15) is 15.4 Å². The van der Waals surface area contributed by atoms with E-state index in [0.717, 1.165) is 22.6 Å². The number of rotatable bonds is 3. The van der Waals surface area contributed by atoms with E-state index in [1.54, 1.807) is 11.3 Å². The maximum atomic E-state index is 9.43. The Bertz CT molecular complexity index is 684. The summed E-state index contributed by atoms with van der Waals surface area (Å²) in [4.78, 5) is 5.51. The molecule has 0 bridgehead atoms. The smallest absolute Gasteiger partial charge is 0.0897 e. The van der Waals surface area contributed by atoms with Gasteiger partial charge in [-0.15, -0.1) is 11.3 Å². The van der Waals surface area contributed by atoms with Gasteiger partial charge in [0.1, 0.15) is 0 Å². The van der Waals surface area contributed by atoms with Crippen LogP contribution in [0.5, 0.6) is 0 Å². The van der Waals surface area contributed by atoms with Gasteiger partial charge < -0.3 is 9.67 Å². The van der Waals surface area contributed by atoms with E-state index < -0.39 is 0 Å². The van der Waals surface area contributed by atoms with Crippen LogP contribution < -0.4 is 0 Å². The fourth-order valence-corrected chi connectivity index (χ4v) is 3.04. The third-order valence-electron chi connectivity index (χ3n) is 3.04. The summed E-state index contributed by atoms with van der Waals surface area (Å²) in [6.07, 6.45) is 3.99. The standard InChI is InChI=1S/C14H14N2OS/c1-10-15-7-13(18-10)8-16-6-5-11-3-2-4-12(9-17)14(11)16/h2-7,17H,8-9H2,1H3. The minimum Gasteiger partial charge on any atom is -0.392 e. The predicted octanol–water partition coefficient (Wildman–Crippen LogP) is 2.95. The number of fused-ring (bicyclic) bond motifs is 1. The van der Waals surface area contributed by atoms with E-state index in [1.807, 2.05) is 25.3 Å². The Balaban J connectivity index is 2.06. The van der Waals surface area contributed by atoms with Crippen LogP contribution in [0, 0.1) is 6.92 Å². The SMILES string of the molecule is Cc1ncc(Cn2ccc3cccc(CO)c32)s1. The van der Waals surface area contributed by atoms with Gasteiger partial charge in [-0.2, -0.15) is 0 Å². The molecule has 1 aromatic carbocycles. The molecule has 0 atom stereocenters. The highest BCUT2D eigenvalue weighted by Crippen LogP contribution is 2.23. The number of hydrogen-bond donors (Lipinski definition) is 1. The zero-order valence-corrected chi connectivity index (χ0v) is 10.9. The lowest BCUT2D eigenvalue weighted by Gasteiger charge is -2.06. The summed E-state index contributed by atoms with van der Waals surface area (Å²) in [5.41, 5.74) is 2.09. The van der Waals surface area contributed by atoms with E-state index in [0.29, 0.717) is 0 Å². The van der Waals surface area contributed by atoms with Gasteiger partial charge in [-0.1, -0.05) is 18.2 Å². The summed E-state index contributed by atoms with van der Waals surface area (Å²) < 4.78 is 2.17. The topological polar surface area (TPSA) is 38.0 Å². The maximum Gasteiger partial charge on any atom is 0.0897 e. The fraction of sp³-hybridized carbons (Fsp3) is 0.214. The van der Waals surface area contributed by atoms with Crippen molar-refractivity contribution in [2.45, 2.75) is 20.1 Å². The molecule has 0 spiro atoms. The Morgan fingerprint density at radius 1 is 1.33 bits per heavy atom. The first kappa shape index (κ1) is 11.4. The largest absolute Gasteiger partial charge is 0.392 e. The van der Waals surface area contributed by atoms with Crippen molar-refractivity contribution in [3.05, 3.63) is 52.1 Å². The minimum atomic E-state index is 0.0725. The molecule has 18 heavy (non-hydrogen) atoms. The number of nitrogens with zero attached hydrogens (tertiary/aromatic N) is 2. The summed E-state index contributed by atoms with van der Waals surface area (Å²) in [7, 11) is 0. The number of para-hydroxylation sites is 1. The molecule has 0 unspecified atom stereocenters. The van der Waals surface area contributed by atoms with Gasteiger partial charge in [0.25, 0.3) is 0 Å². The van der Waals surface area contributed by atoms with Crippen molar-refractivity contribution in [3.63, 3.8) is 0 Å². The number of aliphatic hydroxyl groups is 1. The molecule has 0 amide bonds. The van der Waals surface area contributed by atoms with Gasteiger partial charge in [0.05, 0.1) is 23.7 Å². The lowest BCUT2D eigenvalue weighted by Crippen LogP contribution is -1.98. The number of thiazole rings is 1. The van der Waals surface area contributed by atoms with Gasteiger partial charge in [0.2, 0.25) is 0 Å². The molecule has 0 saturated carbocycles. The minimum absolute atomic E-state index is 0.0725. The summed E-state index contributed by atoms with van der Waals surface area (Å²) >= 11 is 1.71. The Kier molecular flexibility index (Phi) is 2.89. The molecule has 92 valence electrons. The average Bonchev–Trinajstić information content (AvgIpc) is 2.97. The average molecular weight is 258 g/mol. The summed E-state index contributed by atoms with van der Waals surface area (Å²) in [5, 5.41) is 11.7. The molecule has 3 nitrogen and oxygen atoms in total. The fourth-order valence-electron chi connectivity index (χ4n) is 2.25. The van der Waals surface area contributed by atoms with E-state index in [9.17, 15) is 5.11 Å². The quantitative estimate of drug-likeness (QED) is 0.784. The molecular weight excluding hydrogens is 244 g/mol. The van der Waals surface area contributed by atoms with Gasteiger partial charge in [0, 0.05) is 22.8 Å². The van der Waals surface area contributed by atoms with Crippen molar-refractivity contribution in [2.24, 2.45) is 0 Å². The lowest BCUT2D eigenvalue weighted by molar-refractivity contribution is 0.283. The van der Waals surface area contributed by atoms with Gasteiger partial charge in [0.15, 0.2) is 0 Å². The third-order valence-corrected chi connectivity index (χ3v) is 3.94. The number of aromatic nitrogens is 2. The van der Waals surface area contributed by atoms with Crippen molar-refractivity contribution >= 4 is 22.2 Å². The molecule has 0 aliphatic carbocycles. The van der Waals surface area contributed by atoms with Crippen LogP contribution in [0.25, 0.3) is 10.9 Å². The normalized spacial score (nSPS) is 11.2. The van der Waals surface area contributed by atoms with Gasteiger partial charge in [-0.05, 0) is 18.4 Å². The zero-order chi connectivity index (χ0) is 12.5. The van der Waals surface area contributed by atoms with Gasteiger partial charge in [-0.25, -0.2) is 4.98 Å². The Labute approximate surface area is 109 Å². The molecule has 0 radical (unpaired) electrons. The monoisotopic (exact) mass is 258 g/mol. The molecule has 0 fully saturated rings. The van der Waals surface area contributed by atoms with Crippen LogP contribution >= 0.6 is 11.3 Å². The molecule has 1 N–H and O–H groups in total. The zero-order valence-electron chi connectivity index (χ0n) is 10.1. The Morgan fingerprint density at radius 3 is 2.94 bits per heavy atom. The number of benzene rings is 1. The molecule has 2 heterocycles. The second-order valence-electron chi connectivity index (χ2n) is 4.30. The first-order valence-electron chi connectivity index (χ1n) is 5.87. The van der Waals surface area contributed by atoms with Gasteiger partial charge in [-0.3, -0.25) is 0 Å². The summed E-state index contributed by atoms with van der Waals surface area (Å²) in [6.45, 7) is 2.90.